The van der Waals surface area contributed by atoms with Crippen molar-refractivity contribution in [2.24, 2.45) is 5.73 Å². The first-order chi connectivity index (χ1) is 7.29. The third-order valence-electron chi connectivity index (χ3n) is 3.05. The van der Waals surface area contributed by atoms with Crippen LogP contribution >= 0.6 is 0 Å². The molecule has 1 atom stereocenters. The van der Waals surface area contributed by atoms with Crippen molar-refractivity contribution in [2.45, 2.75) is 63.8 Å². The first-order valence-electron chi connectivity index (χ1n) is 6.31. The van der Waals surface area contributed by atoms with Crippen molar-refractivity contribution in [1.29, 1.82) is 0 Å². The van der Waals surface area contributed by atoms with E-state index in [1.807, 2.05) is 0 Å². The second-order valence-corrected chi connectivity index (χ2v) is 4.56. The Kier molecular flexibility index (Phi) is 6.41. The fourth-order valence-electron chi connectivity index (χ4n) is 2.05. The molecule has 0 radical (unpaired) electrons. The summed E-state index contributed by atoms with van der Waals surface area (Å²) in [5.74, 6) is 0.196. The van der Waals surface area contributed by atoms with Crippen molar-refractivity contribution in [3.8, 4) is 0 Å². The summed E-state index contributed by atoms with van der Waals surface area (Å²) in [6.45, 7) is 0.852. The Bertz CT molecular complexity index is 182. The van der Waals surface area contributed by atoms with Crippen molar-refractivity contribution < 1.29 is 4.79 Å². The van der Waals surface area contributed by atoms with E-state index < -0.39 is 0 Å². The number of nitrogens with two attached hydrogens (primary N) is 1. The monoisotopic (exact) mass is 212 g/mol. The first-order valence-corrected chi connectivity index (χ1v) is 6.31. The van der Waals surface area contributed by atoms with E-state index in [1.165, 1.54) is 25.7 Å². The molecule has 3 N–H and O–H groups in total. The summed E-state index contributed by atoms with van der Waals surface area (Å²) < 4.78 is 0. The predicted molar refractivity (Wildman–Crippen MR) is 62.5 cm³/mol. The summed E-state index contributed by atoms with van der Waals surface area (Å²) >= 11 is 0. The third-order valence-corrected chi connectivity index (χ3v) is 3.05. The van der Waals surface area contributed by atoms with Crippen LogP contribution < -0.4 is 11.1 Å². The number of carbonyl (C=O) groups is 1. The van der Waals surface area contributed by atoms with Gasteiger partial charge in [-0.1, -0.05) is 25.7 Å². The minimum atomic E-state index is 0.196. The highest BCUT2D eigenvalue weighted by atomic mass is 16.1. The number of rotatable bonds is 0. The van der Waals surface area contributed by atoms with Crippen molar-refractivity contribution in [3.05, 3.63) is 0 Å². The van der Waals surface area contributed by atoms with Crippen LogP contribution in [-0.4, -0.2) is 18.5 Å². The number of hydrogen-bond donors (Lipinski definition) is 2. The number of hydrogen-bond acceptors (Lipinski definition) is 2. The summed E-state index contributed by atoms with van der Waals surface area (Å²) in [5, 5.41) is 2.96. The fraction of sp³-hybridized carbons (Fsp3) is 0.917. The average molecular weight is 212 g/mol. The Labute approximate surface area is 92.8 Å². The molecule has 88 valence electrons. The highest BCUT2D eigenvalue weighted by molar-refractivity contribution is 5.75. The molecule has 1 aliphatic rings. The van der Waals surface area contributed by atoms with Crippen LogP contribution in [0.4, 0.5) is 0 Å². The summed E-state index contributed by atoms with van der Waals surface area (Å²) in [6.07, 6.45) is 9.88. The molecular formula is C12H24N2O. The highest BCUT2D eigenvalue weighted by Crippen LogP contribution is 2.10. The van der Waals surface area contributed by atoms with E-state index in [0.29, 0.717) is 12.5 Å². The lowest BCUT2D eigenvalue weighted by atomic mass is 10.0. The van der Waals surface area contributed by atoms with E-state index in [0.717, 1.165) is 32.2 Å². The van der Waals surface area contributed by atoms with Gasteiger partial charge in [0.05, 0.1) is 0 Å². The topological polar surface area (TPSA) is 55.1 Å². The normalized spacial score (nSPS) is 27.0. The van der Waals surface area contributed by atoms with Gasteiger partial charge in [-0.05, 0) is 25.7 Å². The zero-order valence-electron chi connectivity index (χ0n) is 9.63. The van der Waals surface area contributed by atoms with Gasteiger partial charge in [-0.3, -0.25) is 4.79 Å². The summed E-state index contributed by atoms with van der Waals surface area (Å²) in [4.78, 5) is 11.3. The highest BCUT2D eigenvalue weighted by Gasteiger charge is 2.06. The zero-order chi connectivity index (χ0) is 10.9. The molecule has 1 unspecified atom stereocenters. The van der Waals surface area contributed by atoms with Crippen LogP contribution in [0.1, 0.15) is 57.8 Å². The fourth-order valence-corrected chi connectivity index (χ4v) is 2.05. The summed E-state index contributed by atoms with van der Waals surface area (Å²) in [6, 6.07) is 0.304. The lowest BCUT2D eigenvalue weighted by Gasteiger charge is -2.10. The summed E-state index contributed by atoms with van der Waals surface area (Å²) in [5.41, 5.74) is 5.97. The van der Waals surface area contributed by atoms with Gasteiger partial charge in [-0.2, -0.15) is 0 Å². The van der Waals surface area contributed by atoms with Gasteiger partial charge in [-0.15, -0.1) is 0 Å². The van der Waals surface area contributed by atoms with Gasteiger partial charge in [0.15, 0.2) is 0 Å². The molecule has 0 saturated carbocycles. The van der Waals surface area contributed by atoms with Crippen molar-refractivity contribution in [1.82, 2.24) is 5.32 Å². The molecule has 0 aromatic rings. The maximum absolute atomic E-state index is 11.3. The van der Waals surface area contributed by atoms with Gasteiger partial charge >= 0.3 is 0 Å². The summed E-state index contributed by atoms with van der Waals surface area (Å²) in [7, 11) is 0. The quantitative estimate of drug-likeness (QED) is 0.645. The second-order valence-electron chi connectivity index (χ2n) is 4.56. The zero-order valence-corrected chi connectivity index (χ0v) is 9.63. The molecule has 1 heterocycles. The van der Waals surface area contributed by atoms with E-state index in [9.17, 15) is 4.79 Å². The minimum absolute atomic E-state index is 0.196. The van der Waals surface area contributed by atoms with Crippen LogP contribution in [0, 0.1) is 0 Å². The molecular weight excluding hydrogens is 188 g/mol. The first kappa shape index (κ1) is 12.5. The lowest BCUT2D eigenvalue weighted by Crippen LogP contribution is -2.25. The van der Waals surface area contributed by atoms with Crippen LogP contribution in [0.25, 0.3) is 0 Å². The van der Waals surface area contributed by atoms with E-state index in [2.05, 4.69) is 5.32 Å². The van der Waals surface area contributed by atoms with Crippen LogP contribution in [-0.2, 0) is 4.79 Å². The van der Waals surface area contributed by atoms with Gasteiger partial charge in [0.25, 0.3) is 0 Å². The Morgan fingerprint density at radius 1 is 1.00 bits per heavy atom. The molecule has 1 rings (SSSR count). The van der Waals surface area contributed by atoms with Crippen molar-refractivity contribution in [3.63, 3.8) is 0 Å². The molecule has 1 aliphatic heterocycles. The van der Waals surface area contributed by atoms with Crippen LogP contribution in [0.15, 0.2) is 0 Å². The van der Waals surface area contributed by atoms with Crippen LogP contribution in [0.3, 0.4) is 0 Å². The Morgan fingerprint density at radius 2 is 1.67 bits per heavy atom. The van der Waals surface area contributed by atoms with E-state index in [4.69, 9.17) is 5.73 Å². The largest absolute Gasteiger partial charge is 0.356 e. The van der Waals surface area contributed by atoms with E-state index >= 15 is 0 Å². The van der Waals surface area contributed by atoms with Gasteiger partial charge < -0.3 is 11.1 Å². The lowest BCUT2D eigenvalue weighted by molar-refractivity contribution is -0.121. The Morgan fingerprint density at radius 3 is 2.53 bits per heavy atom. The molecule has 1 fully saturated rings. The molecule has 3 nitrogen and oxygen atoms in total. The molecule has 0 aliphatic carbocycles. The molecule has 15 heavy (non-hydrogen) atoms. The van der Waals surface area contributed by atoms with Crippen molar-refractivity contribution in [2.75, 3.05) is 6.54 Å². The van der Waals surface area contributed by atoms with Crippen molar-refractivity contribution >= 4 is 5.91 Å². The molecule has 0 spiro atoms. The Balaban J connectivity index is 2.24. The second kappa shape index (κ2) is 7.69. The van der Waals surface area contributed by atoms with Crippen LogP contribution in [0.5, 0.6) is 0 Å². The van der Waals surface area contributed by atoms with Crippen LogP contribution in [0.2, 0.25) is 0 Å². The number of carbonyl (C=O) groups excluding carboxylic acids is 1. The van der Waals surface area contributed by atoms with Gasteiger partial charge in [-0.25, -0.2) is 0 Å². The molecule has 0 aromatic heterocycles. The molecule has 1 amide bonds. The standard InChI is InChI=1S/C12H24N2O/c13-11-7-4-2-1-3-5-10-14-12(15)9-6-8-11/h11H,1-10,13H2,(H,14,15). The average Bonchev–Trinajstić information content (AvgIpc) is 2.22. The molecule has 0 bridgehead atoms. The SMILES string of the molecule is NC1CCCCCCCNC(=O)CCC1. The van der Waals surface area contributed by atoms with E-state index in [-0.39, 0.29) is 5.91 Å². The number of amides is 1. The maximum Gasteiger partial charge on any atom is 0.219 e. The third kappa shape index (κ3) is 6.50. The Hall–Kier alpha value is -0.570. The smallest absolute Gasteiger partial charge is 0.219 e. The molecule has 0 aromatic carbocycles. The van der Waals surface area contributed by atoms with Gasteiger partial charge in [0.1, 0.15) is 0 Å². The molecule has 3 heteroatoms. The minimum Gasteiger partial charge on any atom is -0.356 e. The van der Waals surface area contributed by atoms with Gasteiger partial charge in [0.2, 0.25) is 5.91 Å². The van der Waals surface area contributed by atoms with E-state index in [1.54, 1.807) is 0 Å². The molecule has 1 saturated heterocycles. The predicted octanol–water partition coefficient (Wildman–Crippen LogP) is 1.95. The van der Waals surface area contributed by atoms with Gasteiger partial charge in [0, 0.05) is 19.0 Å². The maximum atomic E-state index is 11.3. The number of nitrogens with one attached hydrogen (secondary N) is 1.